The lowest BCUT2D eigenvalue weighted by Crippen LogP contribution is -2.30. The van der Waals surface area contributed by atoms with Gasteiger partial charge in [-0.3, -0.25) is 0 Å². The van der Waals surface area contributed by atoms with E-state index < -0.39 is 6.04 Å². The first-order valence-electron chi connectivity index (χ1n) is 12.2. The number of para-hydroxylation sites is 1. The van der Waals surface area contributed by atoms with E-state index in [1.165, 1.54) is 0 Å². The molecule has 1 aromatic heterocycles. The number of allylic oxidation sites excluding steroid dienone is 1. The molecule has 1 N–H and O–H groups in total. The molecule has 0 bridgehead atoms. The number of nitrogens with zero attached hydrogens (tertiary/aromatic N) is 3. The van der Waals surface area contributed by atoms with Gasteiger partial charge in [0.25, 0.3) is 0 Å². The Bertz CT molecular complexity index is 1240. The van der Waals surface area contributed by atoms with Crippen LogP contribution in [0, 0.1) is 0 Å². The first-order valence-corrected chi connectivity index (χ1v) is 13.6. The Morgan fingerprint density at radius 2 is 1.92 bits per heavy atom. The molecule has 4 rings (SSSR count). The van der Waals surface area contributed by atoms with Crippen LogP contribution in [0.2, 0.25) is 5.02 Å². The van der Waals surface area contributed by atoms with Gasteiger partial charge in [-0.25, -0.2) is 9.48 Å². The zero-order chi connectivity index (χ0) is 25.5. The number of thioether (sulfide) groups is 1. The zero-order valence-electron chi connectivity index (χ0n) is 20.8. The van der Waals surface area contributed by atoms with Gasteiger partial charge >= 0.3 is 5.97 Å². The molecule has 1 aliphatic rings. The van der Waals surface area contributed by atoms with Crippen LogP contribution in [0.15, 0.2) is 65.0 Å². The number of rotatable bonds is 11. The highest BCUT2D eigenvalue weighted by Crippen LogP contribution is 2.40. The number of fused-ring (bicyclic) bond motifs is 1. The number of anilines is 1. The molecule has 7 nitrogen and oxygen atoms in total. The van der Waals surface area contributed by atoms with Gasteiger partial charge in [0, 0.05) is 27.6 Å². The van der Waals surface area contributed by atoms with E-state index in [9.17, 15) is 4.79 Å². The highest BCUT2D eigenvalue weighted by molar-refractivity contribution is 7.99. The Kier molecular flexibility index (Phi) is 8.93. The molecule has 1 unspecified atom stereocenters. The summed E-state index contributed by atoms with van der Waals surface area (Å²) in [7, 11) is 0. The average Bonchev–Trinajstić information content (AvgIpc) is 3.28. The van der Waals surface area contributed by atoms with E-state index in [2.05, 4.69) is 12.2 Å². The Balaban J connectivity index is 1.73. The maximum Gasteiger partial charge on any atom is 0.338 e. The molecule has 2 heterocycles. The third-order valence-corrected chi connectivity index (χ3v) is 7.07. The molecule has 190 valence electrons. The van der Waals surface area contributed by atoms with E-state index in [0.717, 1.165) is 36.1 Å². The summed E-state index contributed by atoms with van der Waals surface area (Å²) in [4.78, 5) is 18.0. The number of halogens is 1. The Morgan fingerprint density at radius 1 is 1.14 bits per heavy atom. The van der Waals surface area contributed by atoms with Crippen molar-refractivity contribution >= 4 is 35.3 Å². The van der Waals surface area contributed by atoms with E-state index in [1.807, 2.05) is 62.4 Å². The maximum atomic E-state index is 13.3. The molecule has 1 aliphatic heterocycles. The number of aromatic nitrogens is 3. The highest BCUT2D eigenvalue weighted by atomic mass is 35.5. The van der Waals surface area contributed by atoms with Gasteiger partial charge in [0.15, 0.2) is 0 Å². The van der Waals surface area contributed by atoms with Crippen molar-refractivity contribution in [2.75, 3.05) is 17.7 Å². The summed E-state index contributed by atoms with van der Waals surface area (Å²) in [5.74, 6) is 1.78. The minimum Gasteiger partial charge on any atom is -0.488 e. The van der Waals surface area contributed by atoms with E-state index in [1.54, 1.807) is 16.4 Å². The van der Waals surface area contributed by atoms with Crippen LogP contribution in [-0.4, -0.2) is 33.1 Å². The second-order valence-electron chi connectivity index (χ2n) is 8.48. The van der Waals surface area contributed by atoms with Gasteiger partial charge in [-0.2, -0.15) is 4.98 Å². The van der Waals surface area contributed by atoms with Gasteiger partial charge in [0.2, 0.25) is 11.1 Å². The molecule has 0 fully saturated rings. The van der Waals surface area contributed by atoms with Crippen LogP contribution >= 0.6 is 23.4 Å². The number of carbonyl (C=O) groups is 1. The lowest BCUT2D eigenvalue weighted by atomic mass is 9.95. The van der Waals surface area contributed by atoms with Crippen LogP contribution in [0.3, 0.4) is 0 Å². The van der Waals surface area contributed by atoms with Crippen molar-refractivity contribution in [1.29, 1.82) is 0 Å². The second-order valence-corrected chi connectivity index (χ2v) is 9.95. The molecular formula is C27H31ClN4O3S. The highest BCUT2D eigenvalue weighted by Gasteiger charge is 2.36. The summed E-state index contributed by atoms with van der Waals surface area (Å²) in [5.41, 5.74) is 2.85. The number of ether oxygens (including phenoxy) is 2. The molecule has 0 saturated heterocycles. The summed E-state index contributed by atoms with van der Waals surface area (Å²) in [6, 6.07) is 14.7. The normalized spacial score (nSPS) is 14.8. The van der Waals surface area contributed by atoms with Gasteiger partial charge in [0.1, 0.15) is 18.4 Å². The van der Waals surface area contributed by atoms with Gasteiger partial charge in [0.05, 0.1) is 12.2 Å². The molecule has 3 aromatic rings. The number of unbranched alkanes of at least 4 members (excludes halogenated alkanes) is 1. The van der Waals surface area contributed by atoms with Crippen LogP contribution in [-0.2, 0) is 16.1 Å². The van der Waals surface area contributed by atoms with E-state index in [4.69, 9.17) is 31.2 Å². The van der Waals surface area contributed by atoms with Gasteiger partial charge in [-0.15, -0.1) is 5.10 Å². The standard InChI is InChI=1S/C27H31ClN4O3S/c1-4-6-16-36-27-30-26-29-18(3)23(25(33)34-15-5-2)24(32(26)31-27)20-12-8-10-14-22(20)35-17-19-11-7-9-13-21(19)28/h7-14,24H,4-6,15-17H2,1-3H3,(H,29,30,31). The Hall–Kier alpha value is -2.97. The number of nitrogens with one attached hydrogen (secondary N) is 1. The molecule has 9 heteroatoms. The molecule has 0 spiro atoms. The lowest BCUT2D eigenvalue weighted by molar-refractivity contribution is -0.139. The quantitative estimate of drug-likeness (QED) is 0.170. The van der Waals surface area contributed by atoms with Gasteiger partial charge < -0.3 is 14.8 Å². The second kappa shape index (κ2) is 12.3. The summed E-state index contributed by atoms with van der Waals surface area (Å²) in [5, 5.41) is 9.36. The summed E-state index contributed by atoms with van der Waals surface area (Å²) < 4.78 is 13.6. The molecule has 2 aromatic carbocycles. The molecule has 0 saturated carbocycles. The van der Waals surface area contributed by atoms with Crippen molar-refractivity contribution in [3.8, 4) is 5.75 Å². The van der Waals surface area contributed by atoms with Crippen molar-refractivity contribution in [1.82, 2.24) is 14.8 Å². The zero-order valence-corrected chi connectivity index (χ0v) is 22.4. The number of hydrogen-bond acceptors (Lipinski definition) is 7. The largest absolute Gasteiger partial charge is 0.488 e. The van der Waals surface area contributed by atoms with E-state index in [-0.39, 0.29) is 5.97 Å². The van der Waals surface area contributed by atoms with Crippen LogP contribution in [0.25, 0.3) is 0 Å². The topological polar surface area (TPSA) is 78.3 Å². The van der Waals surface area contributed by atoms with Crippen molar-refractivity contribution in [2.24, 2.45) is 0 Å². The monoisotopic (exact) mass is 526 g/mol. The van der Waals surface area contributed by atoms with Crippen molar-refractivity contribution in [3.05, 3.63) is 76.0 Å². The molecule has 0 aliphatic carbocycles. The van der Waals surface area contributed by atoms with Crippen LogP contribution in [0.4, 0.5) is 5.95 Å². The number of esters is 1. The summed E-state index contributed by atoms with van der Waals surface area (Å²) in [6.45, 7) is 6.63. The Labute approximate surface area is 221 Å². The average molecular weight is 527 g/mol. The summed E-state index contributed by atoms with van der Waals surface area (Å²) in [6.07, 6.45) is 2.92. The van der Waals surface area contributed by atoms with Gasteiger partial charge in [-0.1, -0.05) is 80.0 Å². The van der Waals surface area contributed by atoms with Crippen molar-refractivity contribution < 1.29 is 14.3 Å². The van der Waals surface area contributed by atoms with Gasteiger partial charge in [-0.05, 0) is 31.9 Å². The SMILES string of the molecule is CCCCSc1nc2n(n1)C(c1ccccc1OCc1ccccc1Cl)C(C(=O)OCCC)=C(C)N2. The first-order chi connectivity index (χ1) is 17.5. The molecular weight excluding hydrogens is 496 g/mol. The summed E-state index contributed by atoms with van der Waals surface area (Å²) >= 11 is 7.96. The predicted octanol–water partition coefficient (Wildman–Crippen LogP) is 6.64. The Morgan fingerprint density at radius 3 is 2.69 bits per heavy atom. The van der Waals surface area contributed by atoms with E-state index in [0.29, 0.717) is 46.4 Å². The molecule has 1 atom stereocenters. The fourth-order valence-electron chi connectivity index (χ4n) is 3.93. The molecule has 0 radical (unpaired) electrons. The van der Waals surface area contributed by atoms with Crippen LogP contribution < -0.4 is 10.1 Å². The minimum absolute atomic E-state index is 0.294. The molecule has 36 heavy (non-hydrogen) atoms. The fourth-order valence-corrected chi connectivity index (χ4v) is 5.04. The third kappa shape index (κ3) is 5.87. The predicted molar refractivity (Wildman–Crippen MR) is 144 cm³/mol. The minimum atomic E-state index is -0.555. The first kappa shape index (κ1) is 26.1. The lowest BCUT2D eigenvalue weighted by Gasteiger charge is -2.29. The maximum absolute atomic E-state index is 13.3. The molecule has 0 amide bonds. The van der Waals surface area contributed by atoms with Crippen molar-refractivity contribution in [3.63, 3.8) is 0 Å². The van der Waals surface area contributed by atoms with Crippen molar-refractivity contribution in [2.45, 2.75) is 57.8 Å². The number of benzene rings is 2. The smallest absolute Gasteiger partial charge is 0.338 e. The third-order valence-electron chi connectivity index (χ3n) is 5.77. The van der Waals surface area contributed by atoms with E-state index >= 15 is 0 Å². The number of carbonyl (C=O) groups excluding carboxylic acids is 1. The van der Waals surface area contributed by atoms with Crippen LogP contribution in [0.1, 0.15) is 57.2 Å². The van der Waals surface area contributed by atoms with Crippen LogP contribution in [0.5, 0.6) is 5.75 Å². The fraction of sp³-hybridized carbons (Fsp3) is 0.370. The number of hydrogen-bond donors (Lipinski definition) is 1.